The summed E-state index contributed by atoms with van der Waals surface area (Å²) in [5, 5.41) is 15.5. The van der Waals surface area contributed by atoms with E-state index in [1.807, 2.05) is 18.2 Å². The van der Waals surface area contributed by atoms with Crippen molar-refractivity contribution in [1.82, 2.24) is 5.32 Å². The molecule has 1 aromatic carbocycles. The Balaban J connectivity index is 2.14. The zero-order chi connectivity index (χ0) is 15.0. The fourth-order valence-electron chi connectivity index (χ4n) is 2.08. The van der Waals surface area contributed by atoms with E-state index >= 15 is 0 Å². The molecule has 0 aliphatic heterocycles. The number of rotatable bonds is 4. The molecule has 0 amide bonds. The highest BCUT2D eigenvalue weighted by molar-refractivity contribution is 6.31. The third-order valence-electron chi connectivity index (χ3n) is 3.28. The molecule has 0 saturated heterocycles. The summed E-state index contributed by atoms with van der Waals surface area (Å²) in [6, 6.07) is 7.31. The Morgan fingerprint density at radius 1 is 1.20 bits per heavy atom. The van der Waals surface area contributed by atoms with Gasteiger partial charge >= 0.3 is 0 Å². The fraction of sp³-hybridized carbons (Fsp3) is 0.500. The van der Waals surface area contributed by atoms with Gasteiger partial charge in [0.2, 0.25) is 0 Å². The van der Waals surface area contributed by atoms with Gasteiger partial charge in [0, 0.05) is 15.9 Å². The second-order valence-electron chi connectivity index (χ2n) is 6.49. The van der Waals surface area contributed by atoms with Crippen LogP contribution in [0.25, 0.3) is 11.0 Å². The summed E-state index contributed by atoms with van der Waals surface area (Å²) in [4.78, 5) is 0. The molecule has 0 saturated carbocycles. The lowest BCUT2D eigenvalue weighted by Crippen LogP contribution is -2.39. The Labute approximate surface area is 124 Å². The number of hydrogen-bond acceptors (Lipinski definition) is 3. The smallest absolute Gasteiger partial charge is 0.136 e. The molecule has 2 aromatic rings. The van der Waals surface area contributed by atoms with Crippen LogP contribution >= 0.6 is 11.6 Å². The van der Waals surface area contributed by atoms with Crippen LogP contribution in [0.2, 0.25) is 5.02 Å². The van der Waals surface area contributed by atoms with E-state index in [4.69, 9.17) is 16.0 Å². The van der Waals surface area contributed by atoms with E-state index in [0.717, 1.165) is 11.0 Å². The molecule has 0 aliphatic rings. The van der Waals surface area contributed by atoms with Crippen molar-refractivity contribution in [3.8, 4) is 0 Å². The van der Waals surface area contributed by atoms with Gasteiger partial charge in [-0.15, -0.1) is 0 Å². The Kier molecular flexibility index (Phi) is 4.14. The minimum atomic E-state index is -0.996. The number of fused-ring (bicyclic) bond motifs is 1. The summed E-state index contributed by atoms with van der Waals surface area (Å²) in [6.45, 7) is 8.80. The largest absolute Gasteiger partial charge is 0.458 e. The normalized spacial score (nSPS) is 15.5. The Morgan fingerprint density at radius 3 is 2.55 bits per heavy atom. The van der Waals surface area contributed by atoms with Gasteiger partial charge in [-0.3, -0.25) is 0 Å². The number of halogens is 1. The van der Waals surface area contributed by atoms with Crippen molar-refractivity contribution < 1.29 is 9.52 Å². The van der Waals surface area contributed by atoms with Crippen LogP contribution in [-0.4, -0.2) is 17.2 Å². The van der Waals surface area contributed by atoms with Crippen LogP contribution in [0.1, 0.15) is 39.9 Å². The van der Waals surface area contributed by atoms with Gasteiger partial charge in [0.1, 0.15) is 16.9 Å². The lowest BCUT2D eigenvalue weighted by molar-refractivity contribution is 0.0258. The maximum absolute atomic E-state index is 10.6. The maximum atomic E-state index is 10.6. The van der Waals surface area contributed by atoms with Gasteiger partial charge in [0.05, 0.1) is 0 Å². The lowest BCUT2D eigenvalue weighted by Gasteiger charge is -2.25. The summed E-state index contributed by atoms with van der Waals surface area (Å²) in [6.07, 6.45) is 0.581. The molecule has 3 nitrogen and oxygen atoms in total. The molecule has 110 valence electrons. The zero-order valence-electron chi connectivity index (χ0n) is 12.5. The fourth-order valence-corrected chi connectivity index (χ4v) is 2.26. The molecule has 0 bridgehead atoms. The number of furan rings is 1. The highest BCUT2D eigenvalue weighted by Crippen LogP contribution is 2.31. The van der Waals surface area contributed by atoms with Crippen LogP contribution < -0.4 is 5.32 Å². The van der Waals surface area contributed by atoms with Crippen LogP contribution in [-0.2, 0) is 5.60 Å². The summed E-state index contributed by atoms with van der Waals surface area (Å²) >= 11 is 5.96. The lowest BCUT2D eigenvalue weighted by atomic mass is 9.98. The molecule has 20 heavy (non-hydrogen) atoms. The van der Waals surface area contributed by atoms with Crippen LogP contribution in [0.4, 0.5) is 0 Å². The van der Waals surface area contributed by atoms with Crippen LogP contribution in [0, 0.1) is 0 Å². The van der Waals surface area contributed by atoms with Crippen molar-refractivity contribution in [2.45, 2.75) is 45.3 Å². The van der Waals surface area contributed by atoms with Gasteiger partial charge in [-0.05, 0) is 64.9 Å². The van der Waals surface area contributed by atoms with Crippen molar-refractivity contribution in [3.05, 3.63) is 35.0 Å². The monoisotopic (exact) mass is 295 g/mol. The number of aliphatic hydroxyl groups is 1. The van der Waals surface area contributed by atoms with Crippen molar-refractivity contribution in [3.63, 3.8) is 0 Å². The Hall–Kier alpha value is -1.03. The van der Waals surface area contributed by atoms with Crippen LogP contribution in [0.5, 0.6) is 0 Å². The van der Waals surface area contributed by atoms with E-state index < -0.39 is 5.60 Å². The number of nitrogens with one attached hydrogen (secondary N) is 1. The topological polar surface area (TPSA) is 45.4 Å². The first-order valence-corrected chi connectivity index (χ1v) is 7.22. The molecule has 1 aromatic heterocycles. The van der Waals surface area contributed by atoms with E-state index in [1.165, 1.54) is 0 Å². The van der Waals surface area contributed by atoms with E-state index in [2.05, 4.69) is 26.1 Å². The summed E-state index contributed by atoms with van der Waals surface area (Å²) in [5.41, 5.74) is -0.213. The van der Waals surface area contributed by atoms with Crippen molar-refractivity contribution in [1.29, 1.82) is 0 Å². The van der Waals surface area contributed by atoms with Gasteiger partial charge in [-0.25, -0.2) is 0 Å². The Morgan fingerprint density at radius 2 is 1.90 bits per heavy atom. The SMILES string of the molecule is CC(C)(C)NCCC(C)(O)c1cc2cc(Cl)ccc2o1. The molecule has 1 heterocycles. The predicted molar refractivity (Wildman–Crippen MR) is 83.2 cm³/mol. The quantitative estimate of drug-likeness (QED) is 0.893. The highest BCUT2D eigenvalue weighted by Gasteiger charge is 2.27. The van der Waals surface area contributed by atoms with Gasteiger partial charge in [-0.1, -0.05) is 11.6 Å². The maximum Gasteiger partial charge on any atom is 0.136 e. The standard InChI is InChI=1S/C16H22ClNO2/c1-15(2,3)18-8-7-16(4,19)14-10-11-9-12(17)5-6-13(11)20-14/h5-6,9-10,18-19H,7-8H2,1-4H3. The Bertz CT molecular complexity index is 596. The molecule has 1 atom stereocenters. The zero-order valence-corrected chi connectivity index (χ0v) is 13.2. The van der Waals surface area contributed by atoms with Gasteiger partial charge in [0.15, 0.2) is 0 Å². The van der Waals surface area contributed by atoms with E-state index in [1.54, 1.807) is 13.0 Å². The number of hydrogen-bond donors (Lipinski definition) is 2. The third-order valence-corrected chi connectivity index (χ3v) is 3.51. The van der Waals surface area contributed by atoms with Crippen molar-refractivity contribution in [2.75, 3.05) is 6.54 Å². The average molecular weight is 296 g/mol. The van der Waals surface area contributed by atoms with Crippen LogP contribution in [0.15, 0.2) is 28.7 Å². The average Bonchev–Trinajstić information content (AvgIpc) is 2.70. The molecule has 0 spiro atoms. The third kappa shape index (κ3) is 3.75. The van der Waals surface area contributed by atoms with Crippen molar-refractivity contribution >= 4 is 22.6 Å². The van der Waals surface area contributed by atoms with Gasteiger partial charge in [-0.2, -0.15) is 0 Å². The summed E-state index contributed by atoms with van der Waals surface area (Å²) in [5.74, 6) is 0.575. The van der Waals surface area contributed by atoms with E-state index in [-0.39, 0.29) is 5.54 Å². The second kappa shape index (κ2) is 5.40. The molecule has 4 heteroatoms. The highest BCUT2D eigenvalue weighted by atomic mass is 35.5. The van der Waals surface area contributed by atoms with Crippen LogP contribution in [0.3, 0.4) is 0 Å². The molecule has 0 aliphatic carbocycles. The molecular weight excluding hydrogens is 274 g/mol. The predicted octanol–water partition coefficient (Wildman–Crippen LogP) is 4.07. The minimum Gasteiger partial charge on any atom is -0.458 e. The molecule has 0 fully saturated rings. The van der Waals surface area contributed by atoms with Gasteiger partial charge < -0.3 is 14.8 Å². The van der Waals surface area contributed by atoms with E-state index in [0.29, 0.717) is 23.7 Å². The minimum absolute atomic E-state index is 0.0392. The summed E-state index contributed by atoms with van der Waals surface area (Å²) in [7, 11) is 0. The van der Waals surface area contributed by atoms with Gasteiger partial charge in [0.25, 0.3) is 0 Å². The molecule has 2 rings (SSSR count). The molecule has 1 unspecified atom stereocenters. The summed E-state index contributed by atoms with van der Waals surface area (Å²) < 4.78 is 5.73. The number of benzene rings is 1. The molecule has 2 N–H and O–H groups in total. The van der Waals surface area contributed by atoms with E-state index in [9.17, 15) is 5.11 Å². The first-order chi connectivity index (χ1) is 9.17. The molecular formula is C16H22ClNO2. The molecule has 0 radical (unpaired) electrons. The first-order valence-electron chi connectivity index (χ1n) is 6.84. The van der Waals surface area contributed by atoms with Crippen molar-refractivity contribution in [2.24, 2.45) is 0 Å². The first kappa shape index (κ1) is 15.4. The second-order valence-corrected chi connectivity index (χ2v) is 6.93.